The van der Waals surface area contributed by atoms with E-state index in [0.717, 1.165) is 5.56 Å². The fourth-order valence-corrected chi connectivity index (χ4v) is 1.57. The average Bonchev–Trinajstić information content (AvgIpc) is 2.44. The number of rotatable bonds is 8. The van der Waals surface area contributed by atoms with Crippen molar-refractivity contribution >= 4 is 11.8 Å². The minimum absolute atomic E-state index is 0.152. The van der Waals surface area contributed by atoms with E-state index < -0.39 is 17.9 Å². The number of nitrogens with one attached hydrogen (secondary N) is 1. The third-order valence-electron chi connectivity index (χ3n) is 2.57. The summed E-state index contributed by atoms with van der Waals surface area (Å²) in [7, 11) is 0. The Balaban J connectivity index is 2.31. The number of primary amides is 1. The number of carbonyl (C=O) groups is 2. The van der Waals surface area contributed by atoms with E-state index in [1.165, 1.54) is 0 Å². The Morgan fingerprint density at radius 3 is 2.65 bits per heavy atom. The van der Waals surface area contributed by atoms with E-state index in [1.54, 1.807) is 0 Å². The van der Waals surface area contributed by atoms with Crippen LogP contribution in [0.25, 0.3) is 0 Å². The van der Waals surface area contributed by atoms with Crippen LogP contribution in [0, 0.1) is 11.3 Å². The first-order chi connectivity index (χ1) is 9.63. The zero-order valence-electron chi connectivity index (χ0n) is 11.0. The van der Waals surface area contributed by atoms with E-state index in [2.05, 4.69) is 5.32 Å². The van der Waals surface area contributed by atoms with Gasteiger partial charge in [0.05, 0.1) is 12.7 Å². The predicted molar refractivity (Wildman–Crippen MR) is 72.1 cm³/mol. The van der Waals surface area contributed by atoms with Gasteiger partial charge < -0.3 is 15.8 Å². The highest BCUT2D eigenvalue weighted by atomic mass is 16.5. The van der Waals surface area contributed by atoms with Crippen LogP contribution in [0.3, 0.4) is 0 Å². The first-order valence-electron chi connectivity index (χ1n) is 6.20. The second-order valence-electron chi connectivity index (χ2n) is 4.20. The van der Waals surface area contributed by atoms with Crippen molar-refractivity contribution in [3.05, 3.63) is 35.9 Å². The van der Waals surface area contributed by atoms with Gasteiger partial charge in [0.15, 0.2) is 0 Å². The number of ether oxygens (including phenoxy) is 1. The van der Waals surface area contributed by atoms with E-state index in [4.69, 9.17) is 15.7 Å². The summed E-state index contributed by atoms with van der Waals surface area (Å²) < 4.78 is 5.24. The molecule has 0 aromatic heterocycles. The fraction of sp³-hybridized carbons (Fsp3) is 0.357. The summed E-state index contributed by atoms with van der Waals surface area (Å²) in [6.45, 7) is 0.152. The molecule has 2 amide bonds. The van der Waals surface area contributed by atoms with Crippen LogP contribution >= 0.6 is 0 Å². The maximum Gasteiger partial charge on any atom is 0.246 e. The molecule has 0 spiro atoms. The Labute approximate surface area is 117 Å². The molecular formula is C14H17N3O3. The van der Waals surface area contributed by atoms with Crippen molar-refractivity contribution in [3.63, 3.8) is 0 Å². The number of amides is 2. The lowest BCUT2D eigenvalue weighted by molar-refractivity contribution is -0.130. The highest BCUT2D eigenvalue weighted by molar-refractivity contribution is 5.86. The Morgan fingerprint density at radius 1 is 1.35 bits per heavy atom. The summed E-state index contributed by atoms with van der Waals surface area (Å²) in [5, 5.41) is 10.9. The van der Waals surface area contributed by atoms with E-state index in [-0.39, 0.29) is 19.4 Å². The molecule has 0 saturated heterocycles. The third kappa shape index (κ3) is 5.98. The highest BCUT2D eigenvalue weighted by Crippen LogP contribution is 2.00. The molecule has 0 aliphatic carbocycles. The molecule has 1 atom stereocenters. The molecule has 0 aliphatic heterocycles. The molecule has 1 aromatic rings. The molecule has 0 bridgehead atoms. The average molecular weight is 275 g/mol. The van der Waals surface area contributed by atoms with E-state index in [0.29, 0.717) is 6.61 Å². The molecule has 0 aliphatic rings. The highest BCUT2D eigenvalue weighted by Gasteiger charge is 2.17. The Kier molecular flexibility index (Phi) is 6.79. The molecular weight excluding hydrogens is 258 g/mol. The van der Waals surface area contributed by atoms with Crippen molar-refractivity contribution in [2.24, 2.45) is 5.73 Å². The number of nitrogens with zero attached hydrogens (tertiary/aromatic N) is 1. The fourth-order valence-electron chi connectivity index (χ4n) is 1.57. The zero-order chi connectivity index (χ0) is 14.8. The van der Waals surface area contributed by atoms with E-state index in [1.807, 2.05) is 36.4 Å². The van der Waals surface area contributed by atoms with Gasteiger partial charge in [0.1, 0.15) is 12.6 Å². The van der Waals surface area contributed by atoms with Gasteiger partial charge in [-0.1, -0.05) is 30.3 Å². The van der Waals surface area contributed by atoms with E-state index >= 15 is 0 Å². The lowest BCUT2D eigenvalue weighted by Crippen LogP contribution is -2.45. The van der Waals surface area contributed by atoms with Crippen LogP contribution in [0.1, 0.15) is 18.4 Å². The Morgan fingerprint density at radius 2 is 2.05 bits per heavy atom. The van der Waals surface area contributed by atoms with E-state index in [9.17, 15) is 9.59 Å². The SMILES string of the molecule is N#CCC[C@H](NC(=O)COCc1ccccc1)C(N)=O. The second-order valence-corrected chi connectivity index (χ2v) is 4.20. The van der Waals surface area contributed by atoms with Crippen LogP contribution in [0.4, 0.5) is 0 Å². The normalized spacial score (nSPS) is 11.3. The van der Waals surface area contributed by atoms with Gasteiger partial charge in [-0.15, -0.1) is 0 Å². The minimum Gasteiger partial charge on any atom is -0.368 e. The quantitative estimate of drug-likeness (QED) is 0.719. The molecule has 0 saturated carbocycles. The lowest BCUT2D eigenvalue weighted by atomic mass is 10.1. The number of carbonyl (C=O) groups excluding carboxylic acids is 2. The summed E-state index contributed by atoms with van der Waals surface area (Å²) >= 11 is 0. The van der Waals surface area contributed by atoms with Crippen molar-refractivity contribution in [1.29, 1.82) is 5.26 Å². The molecule has 0 radical (unpaired) electrons. The summed E-state index contributed by atoms with van der Waals surface area (Å²) in [4.78, 5) is 22.7. The lowest BCUT2D eigenvalue weighted by Gasteiger charge is -2.14. The number of nitriles is 1. The van der Waals surface area contributed by atoms with Crippen molar-refractivity contribution in [2.45, 2.75) is 25.5 Å². The largest absolute Gasteiger partial charge is 0.368 e. The smallest absolute Gasteiger partial charge is 0.246 e. The molecule has 6 nitrogen and oxygen atoms in total. The molecule has 1 rings (SSSR count). The number of hydrogen-bond donors (Lipinski definition) is 2. The summed E-state index contributed by atoms with van der Waals surface area (Å²) in [6, 6.07) is 10.5. The monoisotopic (exact) mass is 275 g/mol. The van der Waals surface area contributed by atoms with Crippen molar-refractivity contribution in [2.75, 3.05) is 6.61 Å². The van der Waals surface area contributed by atoms with Crippen molar-refractivity contribution < 1.29 is 14.3 Å². The van der Waals surface area contributed by atoms with Crippen LogP contribution < -0.4 is 11.1 Å². The predicted octanol–water partition coefficient (Wildman–Crippen LogP) is 0.477. The molecule has 0 heterocycles. The van der Waals surface area contributed by atoms with Gasteiger partial charge in [0.2, 0.25) is 11.8 Å². The van der Waals surface area contributed by atoms with Crippen molar-refractivity contribution in [1.82, 2.24) is 5.32 Å². The second kappa shape index (κ2) is 8.67. The van der Waals surface area contributed by atoms with Gasteiger partial charge in [0.25, 0.3) is 0 Å². The molecule has 106 valence electrons. The maximum absolute atomic E-state index is 11.6. The molecule has 6 heteroatoms. The summed E-state index contributed by atoms with van der Waals surface area (Å²) in [5.74, 6) is -1.08. The maximum atomic E-state index is 11.6. The van der Waals surface area contributed by atoms with Gasteiger partial charge in [-0.3, -0.25) is 9.59 Å². The van der Waals surface area contributed by atoms with Crippen LogP contribution in [0.2, 0.25) is 0 Å². The first kappa shape index (κ1) is 15.7. The first-order valence-corrected chi connectivity index (χ1v) is 6.20. The molecule has 1 aromatic carbocycles. The van der Waals surface area contributed by atoms with Gasteiger partial charge in [-0.05, 0) is 12.0 Å². The number of benzene rings is 1. The van der Waals surface area contributed by atoms with Crippen molar-refractivity contribution in [3.8, 4) is 6.07 Å². The minimum atomic E-state index is -0.831. The molecule has 20 heavy (non-hydrogen) atoms. The van der Waals surface area contributed by atoms with Gasteiger partial charge in [-0.25, -0.2) is 0 Å². The van der Waals surface area contributed by atoms with Crippen LogP contribution in [0.15, 0.2) is 30.3 Å². The van der Waals surface area contributed by atoms with Gasteiger partial charge in [-0.2, -0.15) is 5.26 Å². The van der Waals surface area contributed by atoms with Gasteiger partial charge in [0, 0.05) is 6.42 Å². The topological polar surface area (TPSA) is 105 Å². The summed E-state index contributed by atoms with van der Waals surface area (Å²) in [5.41, 5.74) is 6.10. The third-order valence-corrected chi connectivity index (χ3v) is 2.57. The molecule has 0 fully saturated rings. The van der Waals surface area contributed by atoms with Crippen LogP contribution in [-0.4, -0.2) is 24.5 Å². The van der Waals surface area contributed by atoms with Crippen LogP contribution in [0.5, 0.6) is 0 Å². The zero-order valence-corrected chi connectivity index (χ0v) is 11.0. The van der Waals surface area contributed by atoms with Gasteiger partial charge >= 0.3 is 0 Å². The standard InChI is InChI=1S/C14H17N3O3/c15-8-4-7-12(14(16)19)17-13(18)10-20-9-11-5-2-1-3-6-11/h1-3,5-6,12H,4,7,9-10H2,(H2,16,19)(H,17,18)/t12-/m0/s1. The number of nitrogens with two attached hydrogens (primary N) is 1. The molecule has 0 unspecified atom stereocenters. The van der Waals surface area contributed by atoms with Crippen LogP contribution in [-0.2, 0) is 20.9 Å². The summed E-state index contributed by atoms with van der Waals surface area (Å²) in [6.07, 6.45) is 0.356. The molecule has 3 N–H and O–H groups in total. The Bertz CT molecular complexity index is 482. The number of hydrogen-bond acceptors (Lipinski definition) is 4. The Hall–Kier alpha value is -2.39.